The molecule has 17 heavy (non-hydrogen) atoms. The van der Waals surface area contributed by atoms with E-state index in [9.17, 15) is 0 Å². The van der Waals surface area contributed by atoms with Gasteiger partial charge < -0.3 is 0 Å². The molecule has 1 atom stereocenters. The SMILES string of the molecule is CC1=CN=C(Cl)C2=C(CC1)C(C)CCC=C2I. The lowest BCUT2D eigenvalue weighted by molar-refractivity contribution is 0.596. The molecule has 0 bridgehead atoms. The van der Waals surface area contributed by atoms with Crippen molar-refractivity contribution < 1.29 is 0 Å². The topological polar surface area (TPSA) is 12.4 Å². The van der Waals surface area contributed by atoms with Crippen LogP contribution in [0.5, 0.6) is 0 Å². The summed E-state index contributed by atoms with van der Waals surface area (Å²) in [6.45, 7) is 4.44. The number of halogens is 2. The van der Waals surface area contributed by atoms with Crippen LogP contribution in [0.4, 0.5) is 0 Å². The van der Waals surface area contributed by atoms with E-state index in [1.54, 1.807) is 0 Å². The summed E-state index contributed by atoms with van der Waals surface area (Å²) in [6.07, 6.45) is 8.77. The molecule has 1 nitrogen and oxygen atoms in total. The first kappa shape index (κ1) is 13.3. The molecule has 0 amide bonds. The predicted molar refractivity (Wildman–Crippen MR) is 83.8 cm³/mol. The van der Waals surface area contributed by atoms with Crippen molar-refractivity contribution >= 4 is 39.4 Å². The molecular formula is C14H17ClIN. The van der Waals surface area contributed by atoms with Crippen LogP contribution in [0.2, 0.25) is 0 Å². The smallest absolute Gasteiger partial charge is 0.137 e. The highest BCUT2D eigenvalue weighted by Crippen LogP contribution is 2.37. The number of aliphatic imine (C=N–C) groups is 1. The first-order valence-corrected chi connectivity index (χ1v) is 7.53. The molecule has 0 N–H and O–H groups in total. The number of allylic oxidation sites excluding steroid dienone is 5. The Labute approximate surface area is 122 Å². The fourth-order valence-electron chi connectivity index (χ4n) is 2.37. The van der Waals surface area contributed by atoms with Crippen molar-refractivity contribution in [2.75, 3.05) is 0 Å². The third-order valence-electron chi connectivity index (χ3n) is 3.47. The lowest BCUT2D eigenvalue weighted by Gasteiger charge is -2.19. The second kappa shape index (κ2) is 5.70. The predicted octanol–water partition coefficient (Wildman–Crippen LogP) is 5.37. The van der Waals surface area contributed by atoms with Gasteiger partial charge in [0.25, 0.3) is 0 Å². The summed E-state index contributed by atoms with van der Waals surface area (Å²) in [7, 11) is 0. The molecule has 0 aromatic heterocycles. The Hall–Kier alpha value is -0.0900. The second-order valence-electron chi connectivity index (χ2n) is 4.83. The summed E-state index contributed by atoms with van der Waals surface area (Å²) in [6, 6.07) is 0. The molecular weight excluding hydrogens is 345 g/mol. The molecule has 0 radical (unpaired) electrons. The highest BCUT2D eigenvalue weighted by atomic mass is 127. The molecule has 3 heteroatoms. The Morgan fingerprint density at radius 1 is 1.41 bits per heavy atom. The molecule has 1 aliphatic heterocycles. The average molecular weight is 362 g/mol. The highest BCUT2D eigenvalue weighted by Gasteiger charge is 2.22. The lowest BCUT2D eigenvalue weighted by atomic mass is 9.89. The van der Waals surface area contributed by atoms with Gasteiger partial charge in [0, 0.05) is 15.4 Å². The van der Waals surface area contributed by atoms with Gasteiger partial charge in [0.2, 0.25) is 0 Å². The molecule has 0 spiro atoms. The molecule has 2 rings (SSSR count). The van der Waals surface area contributed by atoms with E-state index in [1.807, 2.05) is 6.20 Å². The summed E-state index contributed by atoms with van der Waals surface area (Å²) in [5.41, 5.74) is 4.00. The van der Waals surface area contributed by atoms with Crippen molar-refractivity contribution in [3.63, 3.8) is 0 Å². The average Bonchev–Trinajstić information content (AvgIpc) is 2.41. The van der Waals surface area contributed by atoms with E-state index in [0.29, 0.717) is 11.1 Å². The maximum atomic E-state index is 6.37. The minimum atomic E-state index is 0.614. The molecule has 2 aliphatic rings. The fraction of sp³-hybridized carbons (Fsp3) is 0.500. The molecule has 0 saturated carbocycles. The summed E-state index contributed by atoms with van der Waals surface area (Å²) >= 11 is 8.76. The molecule has 1 unspecified atom stereocenters. The minimum Gasteiger partial charge on any atom is -0.244 e. The first-order chi connectivity index (χ1) is 8.09. The molecule has 1 heterocycles. The molecule has 1 aliphatic carbocycles. The van der Waals surface area contributed by atoms with E-state index >= 15 is 0 Å². The van der Waals surface area contributed by atoms with E-state index in [1.165, 1.54) is 26.7 Å². The van der Waals surface area contributed by atoms with Gasteiger partial charge in [0.1, 0.15) is 5.17 Å². The third kappa shape index (κ3) is 3.02. The van der Waals surface area contributed by atoms with Crippen molar-refractivity contribution in [1.29, 1.82) is 0 Å². The molecule has 92 valence electrons. The summed E-state index contributed by atoms with van der Waals surface area (Å²) in [5, 5.41) is 0.661. The van der Waals surface area contributed by atoms with Crippen molar-refractivity contribution in [2.24, 2.45) is 10.9 Å². The van der Waals surface area contributed by atoms with Crippen LogP contribution < -0.4 is 0 Å². The zero-order valence-corrected chi connectivity index (χ0v) is 13.2. The van der Waals surface area contributed by atoms with Gasteiger partial charge in [-0.05, 0) is 61.1 Å². The highest BCUT2D eigenvalue weighted by molar-refractivity contribution is 14.1. The van der Waals surface area contributed by atoms with Gasteiger partial charge in [-0.2, -0.15) is 0 Å². The van der Waals surface area contributed by atoms with Gasteiger partial charge in [0.15, 0.2) is 0 Å². The Kier molecular flexibility index (Phi) is 4.47. The van der Waals surface area contributed by atoms with E-state index in [-0.39, 0.29) is 0 Å². The van der Waals surface area contributed by atoms with Crippen LogP contribution in [-0.2, 0) is 0 Å². The third-order valence-corrected chi connectivity index (χ3v) is 4.74. The van der Waals surface area contributed by atoms with Crippen LogP contribution >= 0.6 is 34.2 Å². The van der Waals surface area contributed by atoms with Crippen LogP contribution in [0.3, 0.4) is 0 Å². The van der Waals surface area contributed by atoms with E-state index in [2.05, 4.69) is 47.5 Å². The lowest BCUT2D eigenvalue weighted by Crippen LogP contribution is -2.08. The summed E-state index contributed by atoms with van der Waals surface area (Å²) in [4.78, 5) is 4.39. The Balaban J connectivity index is 2.52. The van der Waals surface area contributed by atoms with Gasteiger partial charge in [-0.15, -0.1) is 0 Å². The number of hydrogen-bond acceptors (Lipinski definition) is 1. The van der Waals surface area contributed by atoms with Crippen molar-refractivity contribution in [2.45, 2.75) is 39.5 Å². The zero-order valence-electron chi connectivity index (χ0n) is 10.3. The standard InChI is InChI=1S/C14H17ClIN/c1-9-6-7-11-10(2)4-3-5-12(16)13(11)14(15)17-8-9/h5,8,10H,3-4,6-7H2,1-2H3. The monoisotopic (exact) mass is 361 g/mol. The van der Waals surface area contributed by atoms with Gasteiger partial charge >= 0.3 is 0 Å². The molecule has 0 aromatic rings. The fourth-order valence-corrected chi connectivity index (χ4v) is 3.71. The van der Waals surface area contributed by atoms with Gasteiger partial charge in [-0.3, -0.25) is 0 Å². The van der Waals surface area contributed by atoms with Gasteiger partial charge in [-0.1, -0.05) is 35.7 Å². The number of nitrogens with zero attached hydrogens (tertiary/aromatic N) is 1. The zero-order chi connectivity index (χ0) is 12.4. The summed E-state index contributed by atoms with van der Waals surface area (Å²) < 4.78 is 1.27. The van der Waals surface area contributed by atoms with Crippen LogP contribution in [-0.4, -0.2) is 5.17 Å². The largest absolute Gasteiger partial charge is 0.244 e. The maximum absolute atomic E-state index is 6.37. The van der Waals surface area contributed by atoms with E-state index in [4.69, 9.17) is 11.6 Å². The molecule has 0 saturated heterocycles. The number of rotatable bonds is 0. The quantitative estimate of drug-likeness (QED) is 0.515. The Morgan fingerprint density at radius 2 is 2.18 bits per heavy atom. The number of hydrogen-bond donors (Lipinski definition) is 0. The Morgan fingerprint density at radius 3 is 2.94 bits per heavy atom. The van der Waals surface area contributed by atoms with Crippen molar-refractivity contribution in [3.8, 4) is 0 Å². The van der Waals surface area contributed by atoms with Gasteiger partial charge in [0.05, 0.1) is 0 Å². The summed E-state index contributed by atoms with van der Waals surface area (Å²) in [5.74, 6) is 0.614. The van der Waals surface area contributed by atoms with Crippen LogP contribution in [0.25, 0.3) is 0 Å². The van der Waals surface area contributed by atoms with E-state index < -0.39 is 0 Å². The van der Waals surface area contributed by atoms with Crippen molar-refractivity contribution in [3.05, 3.63) is 32.6 Å². The minimum absolute atomic E-state index is 0.614. The van der Waals surface area contributed by atoms with Crippen LogP contribution in [0.1, 0.15) is 39.5 Å². The maximum Gasteiger partial charge on any atom is 0.137 e. The van der Waals surface area contributed by atoms with Crippen LogP contribution in [0, 0.1) is 5.92 Å². The molecule has 0 aromatic carbocycles. The van der Waals surface area contributed by atoms with Gasteiger partial charge in [-0.25, -0.2) is 4.99 Å². The Bertz CT molecular complexity index is 443. The normalized spacial score (nSPS) is 26.1. The van der Waals surface area contributed by atoms with E-state index in [0.717, 1.165) is 19.3 Å². The first-order valence-electron chi connectivity index (χ1n) is 6.08. The van der Waals surface area contributed by atoms with Crippen molar-refractivity contribution in [1.82, 2.24) is 0 Å². The molecule has 0 fully saturated rings. The second-order valence-corrected chi connectivity index (χ2v) is 6.35. The van der Waals surface area contributed by atoms with Crippen LogP contribution in [0.15, 0.2) is 37.6 Å².